The van der Waals surface area contributed by atoms with Crippen LogP contribution in [0.25, 0.3) is 0 Å². The lowest BCUT2D eigenvalue weighted by Crippen LogP contribution is -2.77. The van der Waals surface area contributed by atoms with Crippen LogP contribution < -0.4 is 0 Å². The van der Waals surface area contributed by atoms with Crippen LogP contribution in [0, 0.1) is 0 Å². The maximum absolute atomic E-state index is 13.3. The van der Waals surface area contributed by atoms with Gasteiger partial charge in [-0.15, -0.1) is 0 Å². The molecular formula is C12H5F21O. The molecule has 0 saturated heterocycles. The van der Waals surface area contributed by atoms with Crippen molar-refractivity contribution in [2.45, 2.75) is 72.5 Å². The van der Waals surface area contributed by atoms with E-state index in [2.05, 4.69) is 0 Å². The lowest BCUT2D eigenvalue weighted by atomic mass is 9.85. The predicted octanol–water partition coefficient (Wildman–Crippen LogP) is 6.65. The van der Waals surface area contributed by atoms with E-state index in [0.29, 0.717) is 0 Å². The van der Waals surface area contributed by atoms with E-state index in [1.165, 1.54) is 0 Å². The zero-order valence-electron chi connectivity index (χ0n) is 15.0. The first-order valence-corrected chi connectivity index (χ1v) is 7.34. The van der Waals surface area contributed by atoms with Gasteiger partial charge in [0.1, 0.15) is 0 Å². The average Bonchev–Trinajstić information content (AvgIpc) is 2.58. The summed E-state index contributed by atoms with van der Waals surface area (Å²) < 4.78 is 273. The molecule has 0 aliphatic carbocycles. The molecule has 206 valence electrons. The van der Waals surface area contributed by atoms with Gasteiger partial charge in [-0.2, -0.15) is 87.8 Å². The van der Waals surface area contributed by atoms with E-state index in [1.807, 2.05) is 0 Å². The zero-order valence-corrected chi connectivity index (χ0v) is 15.0. The molecule has 1 atom stereocenters. The van der Waals surface area contributed by atoms with Crippen molar-refractivity contribution in [3.05, 3.63) is 0 Å². The number of hydrogen-bond donors (Lipinski definition) is 1. The van der Waals surface area contributed by atoms with Crippen LogP contribution in [0.4, 0.5) is 92.2 Å². The molecule has 0 saturated carbocycles. The highest BCUT2D eigenvalue weighted by Gasteiger charge is 2.97. The first-order valence-electron chi connectivity index (χ1n) is 7.34. The third-order valence-electron chi connectivity index (χ3n) is 4.06. The Labute approximate surface area is 171 Å². The van der Waals surface area contributed by atoms with Crippen LogP contribution in [0.1, 0.15) is 6.92 Å². The van der Waals surface area contributed by atoms with Gasteiger partial charge in [-0.3, -0.25) is 0 Å². The van der Waals surface area contributed by atoms with E-state index >= 15 is 0 Å². The first kappa shape index (κ1) is 32.5. The molecule has 0 aromatic heterocycles. The molecule has 22 heteroatoms. The molecule has 0 amide bonds. The zero-order chi connectivity index (χ0) is 28.6. The Morgan fingerprint density at radius 3 is 0.735 bits per heavy atom. The van der Waals surface area contributed by atoms with Crippen LogP contribution in [-0.2, 0) is 0 Å². The van der Waals surface area contributed by atoms with Gasteiger partial charge in [0.2, 0.25) is 0 Å². The minimum absolute atomic E-state index is 0.805. The van der Waals surface area contributed by atoms with Crippen molar-refractivity contribution in [2.75, 3.05) is 0 Å². The van der Waals surface area contributed by atoms with Gasteiger partial charge >= 0.3 is 59.4 Å². The number of halogens is 21. The molecule has 0 radical (unpaired) electrons. The van der Waals surface area contributed by atoms with Crippen LogP contribution in [0.2, 0.25) is 0 Å². The summed E-state index contributed by atoms with van der Waals surface area (Å²) in [6.45, 7) is -0.805. The molecule has 1 N–H and O–H groups in total. The third kappa shape index (κ3) is 3.63. The maximum atomic E-state index is 13.3. The normalized spacial score (nSPS) is 17.7. The van der Waals surface area contributed by atoms with Gasteiger partial charge in [-0.25, -0.2) is 4.39 Å². The van der Waals surface area contributed by atoms with Crippen molar-refractivity contribution < 1.29 is 97.3 Å². The quantitative estimate of drug-likeness (QED) is 0.295. The maximum Gasteiger partial charge on any atom is 0.423 e. The summed E-state index contributed by atoms with van der Waals surface area (Å²) in [4.78, 5) is 0. The molecule has 0 heterocycles. The Morgan fingerprint density at radius 2 is 0.559 bits per heavy atom. The highest BCUT2D eigenvalue weighted by Crippen LogP contribution is 2.66. The molecular weight excluding hydrogens is 559 g/mol. The molecule has 1 nitrogen and oxygen atoms in total. The summed E-state index contributed by atoms with van der Waals surface area (Å²) in [6, 6.07) is 0. The van der Waals surface area contributed by atoms with Crippen LogP contribution in [0.15, 0.2) is 0 Å². The van der Waals surface area contributed by atoms with E-state index in [4.69, 9.17) is 5.11 Å². The SMILES string of the molecule is CC(F)C(F)(F)C(F)(F)C(F)(F)C(F)(F)C(F)(F)C(F)(F)C(F)(F)C(F)(F)C(F)(F)C(O)(F)F. The van der Waals surface area contributed by atoms with E-state index in [-0.39, 0.29) is 0 Å². The molecule has 0 aromatic carbocycles. The van der Waals surface area contributed by atoms with Crippen molar-refractivity contribution >= 4 is 0 Å². The van der Waals surface area contributed by atoms with E-state index in [9.17, 15) is 92.2 Å². The van der Waals surface area contributed by atoms with E-state index < -0.39 is 72.5 Å². The molecule has 0 spiro atoms. The molecule has 0 rings (SSSR count). The second kappa shape index (κ2) is 7.74. The van der Waals surface area contributed by atoms with E-state index in [1.54, 1.807) is 0 Å². The summed E-state index contributed by atoms with van der Waals surface area (Å²) in [5.74, 6) is -77.6. The van der Waals surface area contributed by atoms with Gasteiger partial charge in [0.15, 0.2) is 6.17 Å². The van der Waals surface area contributed by atoms with Gasteiger partial charge < -0.3 is 5.11 Å². The molecule has 0 aliphatic heterocycles. The second-order valence-electron chi connectivity index (χ2n) is 6.38. The summed E-state index contributed by atoms with van der Waals surface area (Å²) >= 11 is 0. The molecule has 1 unspecified atom stereocenters. The Balaban J connectivity index is 7.08. The van der Waals surface area contributed by atoms with Gasteiger partial charge in [-0.05, 0) is 6.92 Å². The number of aliphatic hydroxyl groups is 1. The topological polar surface area (TPSA) is 20.2 Å². The Bertz CT molecular complexity index is 743. The molecule has 0 fully saturated rings. The van der Waals surface area contributed by atoms with Gasteiger partial charge in [0, 0.05) is 0 Å². The summed E-state index contributed by atoms with van der Waals surface area (Å²) in [5.41, 5.74) is 0. The highest BCUT2D eigenvalue weighted by atomic mass is 19.4. The molecule has 34 heavy (non-hydrogen) atoms. The smallest absolute Gasteiger partial charge is 0.331 e. The van der Waals surface area contributed by atoms with Crippen LogP contribution in [0.5, 0.6) is 0 Å². The van der Waals surface area contributed by atoms with Gasteiger partial charge in [0.25, 0.3) is 0 Å². The van der Waals surface area contributed by atoms with Crippen molar-refractivity contribution in [2.24, 2.45) is 0 Å². The van der Waals surface area contributed by atoms with Gasteiger partial charge in [-0.1, -0.05) is 0 Å². The first-order chi connectivity index (χ1) is 14.2. The predicted molar refractivity (Wildman–Crippen MR) is 62.3 cm³/mol. The van der Waals surface area contributed by atoms with Crippen molar-refractivity contribution in [1.29, 1.82) is 0 Å². The fourth-order valence-electron chi connectivity index (χ4n) is 1.83. The lowest BCUT2D eigenvalue weighted by molar-refractivity contribution is -0.479. The minimum Gasteiger partial charge on any atom is -0.331 e. The Hall–Kier alpha value is -1.51. The summed E-state index contributed by atoms with van der Waals surface area (Å²) in [6.07, 6.45) is -12.2. The van der Waals surface area contributed by atoms with Gasteiger partial charge in [0.05, 0.1) is 0 Å². The minimum atomic E-state index is -9.17. The summed E-state index contributed by atoms with van der Waals surface area (Å²) in [7, 11) is 0. The highest BCUT2D eigenvalue weighted by molar-refractivity contribution is 5.18. The number of alkyl halides is 21. The second-order valence-corrected chi connectivity index (χ2v) is 6.38. The van der Waals surface area contributed by atoms with E-state index in [0.717, 1.165) is 0 Å². The van der Waals surface area contributed by atoms with Crippen molar-refractivity contribution in [3.8, 4) is 0 Å². The standard InChI is InChI=1S/C12H5F21O/c1-2(13)3(14,15)4(16,17)5(18,19)6(20,21)7(22,23)8(24,25)9(26,27)10(28,29)11(30,31)12(32,33)34/h2,34H,1H3. The largest absolute Gasteiger partial charge is 0.423 e. The Kier molecular flexibility index (Phi) is 7.40. The van der Waals surface area contributed by atoms with Crippen LogP contribution in [-0.4, -0.2) is 70.7 Å². The van der Waals surface area contributed by atoms with Crippen molar-refractivity contribution in [1.82, 2.24) is 0 Å². The third-order valence-corrected chi connectivity index (χ3v) is 4.06. The molecule has 0 aliphatic rings. The average molecular weight is 564 g/mol. The monoisotopic (exact) mass is 564 g/mol. The summed E-state index contributed by atoms with van der Waals surface area (Å²) in [5, 5.41) is 7.43. The number of rotatable bonds is 10. The fourth-order valence-corrected chi connectivity index (χ4v) is 1.83. The van der Waals surface area contributed by atoms with Crippen LogP contribution in [0.3, 0.4) is 0 Å². The fraction of sp³-hybridized carbons (Fsp3) is 1.00. The molecule has 0 bridgehead atoms. The van der Waals surface area contributed by atoms with Crippen LogP contribution >= 0.6 is 0 Å². The number of hydrogen-bond acceptors (Lipinski definition) is 1. The Morgan fingerprint density at radius 1 is 0.382 bits per heavy atom. The molecule has 0 aromatic rings. The van der Waals surface area contributed by atoms with Crippen molar-refractivity contribution in [3.63, 3.8) is 0 Å². The lowest BCUT2D eigenvalue weighted by Gasteiger charge is -2.44.